The van der Waals surface area contributed by atoms with Gasteiger partial charge in [-0.1, -0.05) is 5.11 Å². The second-order valence-electron chi connectivity index (χ2n) is 1.73. The van der Waals surface area contributed by atoms with Crippen LogP contribution in [-0.4, -0.2) is 4.98 Å². The van der Waals surface area contributed by atoms with E-state index in [2.05, 4.69) is 15.0 Å². The van der Waals surface area contributed by atoms with E-state index in [4.69, 9.17) is 5.53 Å². The summed E-state index contributed by atoms with van der Waals surface area (Å²) in [6, 6.07) is 0. The Labute approximate surface area is 62.2 Å². The van der Waals surface area contributed by atoms with Crippen molar-refractivity contribution in [2.45, 2.75) is 13.5 Å². The normalized spacial score (nSPS) is 8.90. The minimum atomic E-state index is 0.419. The maximum absolute atomic E-state index is 7.98. The van der Waals surface area contributed by atoms with Crippen LogP contribution >= 0.6 is 11.3 Å². The zero-order chi connectivity index (χ0) is 7.40. The lowest BCUT2D eigenvalue weighted by atomic mass is 10.6. The topological polar surface area (TPSA) is 61.7 Å². The van der Waals surface area contributed by atoms with Crippen molar-refractivity contribution in [3.63, 3.8) is 0 Å². The quantitative estimate of drug-likeness (QED) is 0.366. The van der Waals surface area contributed by atoms with Crippen LogP contribution in [0, 0.1) is 6.92 Å². The van der Waals surface area contributed by atoms with Crippen molar-refractivity contribution in [2.75, 3.05) is 0 Å². The number of aromatic nitrogens is 1. The van der Waals surface area contributed by atoms with Crippen LogP contribution in [0.15, 0.2) is 11.3 Å². The molecule has 0 fully saturated rings. The summed E-state index contributed by atoms with van der Waals surface area (Å²) >= 11 is 1.55. The molecule has 5 heteroatoms. The summed E-state index contributed by atoms with van der Waals surface area (Å²) in [6.07, 6.45) is 1.73. The van der Waals surface area contributed by atoms with Crippen molar-refractivity contribution < 1.29 is 0 Å². The van der Waals surface area contributed by atoms with Gasteiger partial charge in [-0.25, -0.2) is 4.98 Å². The molecule has 1 aromatic rings. The molecule has 4 nitrogen and oxygen atoms in total. The number of nitrogens with zero attached hydrogens (tertiary/aromatic N) is 4. The van der Waals surface area contributed by atoms with Gasteiger partial charge in [0.15, 0.2) is 0 Å². The van der Waals surface area contributed by atoms with E-state index in [1.54, 1.807) is 17.5 Å². The van der Waals surface area contributed by atoms with E-state index in [9.17, 15) is 0 Å². The smallest absolute Gasteiger partial charge is 0.0896 e. The Morgan fingerprint density at radius 1 is 1.90 bits per heavy atom. The molecule has 0 unspecified atom stereocenters. The number of hydrogen-bond acceptors (Lipinski definition) is 3. The molecule has 0 aliphatic rings. The standard InChI is InChI=1S/C5H6N4S/c1-4-7-2-5(10-4)3-8-9-6/h2H,3H2,1H3. The van der Waals surface area contributed by atoms with Gasteiger partial charge in [-0.15, -0.1) is 11.3 Å². The summed E-state index contributed by atoms with van der Waals surface area (Å²) in [4.78, 5) is 7.66. The van der Waals surface area contributed by atoms with Gasteiger partial charge in [0, 0.05) is 16.0 Å². The fourth-order valence-electron chi connectivity index (χ4n) is 0.580. The van der Waals surface area contributed by atoms with Crippen LogP contribution < -0.4 is 0 Å². The lowest BCUT2D eigenvalue weighted by Gasteiger charge is -1.79. The molecule has 0 saturated heterocycles. The van der Waals surface area contributed by atoms with Crippen molar-refractivity contribution in [1.82, 2.24) is 4.98 Å². The first-order valence-electron chi connectivity index (χ1n) is 2.75. The summed E-state index contributed by atoms with van der Waals surface area (Å²) in [6.45, 7) is 2.34. The first-order chi connectivity index (χ1) is 4.83. The number of rotatable bonds is 2. The van der Waals surface area contributed by atoms with Crippen LogP contribution in [0.25, 0.3) is 10.4 Å². The van der Waals surface area contributed by atoms with Gasteiger partial charge in [0.1, 0.15) is 0 Å². The van der Waals surface area contributed by atoms with Crippen LogP contribution in [0.5, 0.6) is 0 Å². The molecule has 0 amide bonds. The number of aryl methyl sites for hydroxylation is 1. The molecule has 0 saturated carbocycles. The summed E-state index contributed by atoms with van der Waals surface area (Å²) in [5, 5.41) is 4.41. The Morgan fingerprint density at radius 2 is 2.70 bits per heavy atom. The van der Waals surface area contributed by atoms with E-state index in [1.807, 2.05) is 6.92 Å². The molecule has 1 rings (SSSR count). The molecular formula is C5H6N4S. The van der Waals surface area contributed by atoms with Crippen LogP contribution in [0.2, 0.25) is 0 Å². The summed E-state index contributed by atoms with van der Waals surface area (Å²) in [5.41, 5.74) is 7.98. The second kappa shape index (κ2) is 3.20. The van der Waals surface area contributed by atoms with Crippen LogP contribution in [0.3, 0.4) is 0 Å². The highest BCUT2D eigenvalue weighted by atomic mass is 32.1. The molecule has 1 aromatic heterocycles. The van der Waals surface area contributed by atoms with Crippen molar-refractivity contribution in [3.05, 3.63) is 26.5 Å². The minimum absolute atomic E-state index is 0.419. The Bertz CT molecular complexity index is 260. The number of azide groups is 1. The molecule has 52 valence electrons. The molecule has 0 aromatic carbocycles. The minimum Gasteiger partial charge on any atom is -0.250 e. The number of thiazole rings is 1. The summed E-state index contributed by atoms with van der Waals surface area (Å²) < 4.78 is 0. The highest BCUT2D eigenvalue weighted by Crippen LogP contribution is 2.11. The first-order valence-corrected chi connectivity index (χ1v) is 3.57. The van der Waals surface area contributed by atoms with Crippen molar-refractivity contribution in [1.29, 1.82) is 0 Å². The molecule has 0 aliphatic heterocycles. The van der Waals surface area contributed by atoms with E-state index in [-0.39, 0.29) is 0 Å². The van der Waals surface area contributed by atoms with E-state index in [1.165, 1.54) is 0 Å². The first kappa shape index (κ1) is 7.05. The predicted molar refractivity (Wildman–Crippen MR) is 39.7 cm³/mol. The van der Waals surface area contributed by atoms with Crippen LogP contribution in [-0.2, 0) is 6.54 Å². The third-order valence-corrected chi connectivity index (χ3v) is 1.86. The fourth-order valence-corrected chi connectivity index (χ4v) is 1.29. The average molecular weight is 154 g/mol. The molecule has 1 heterocycles. The molecule has 0 bridgehead atoms. The molecular weight excluding hydrogens is 148 g/mol. The largest absolute Gasteiger partial charge is 0.250 e. The second-order valence-corrected chi connectivity index (χ2v) is 3.05. The van der Waals surface area contributed by atoms with Gasteiger partial charge in [-0.3, -0.25) is 0 Å². The van der Waals surface area contributed by atoms with Crippen molar-refractivity contribution in [3.8, 4) is 0 Å². The van der Waals surface area contributed by atoms with Crippen molar-refractivity contribution in [2.24, 2.45) is 5.11 Å². The molecule has 0 aliphatic carbocycles. The zero-order valence-corrected chi connectivity index (χ0v) is 6.30. The maximum atomic E-state index is 7.98. The van der Waals surface area contributed by atoms with E-state index in [0.29, 0.717) is 6.54 Å². The lowest BCUT2D eigenvalue weighted by Crippen LogP contribution is -1.67. The summed E-state index contributed by atoms with van der Waals surface area (Å²) in [7, 11) is 0. The van der Waals surface area contributed by atoms with Gasteiger partial charge >= 0.3 is 0 Å². The van der Waals surface area contributed by atoms with Crippen molar-refractivity contribution >= 4 is 11.3 Å². The Hall–Kier alpha value is -1.06. The Balaban J connectivity index is 2.66. The number of hydrogen-bond donors (Lipinski definition) is 0. The van der Waals surface area contributed by atoms with Gasteiger partial charge in [0.05, 0.1) is 11.6 Å². The highest BCUT2D eigenvalue weighted by molar-refractivity contribution is 7.11. The monoisotopic (exact) mass is 154 g/mol. The van der Waals surface area contributed by atoms with E-state index >= 15 is 0 Å². The third-order valence-electron chi connectivity index (χ3n) is 0.959. The van der Waals surface area contributed by atoms with Gasteiger partial charge < -0.3 is 0 Å². The van der Waals surface area contributed by atoms with Crippen LogP contribution in [0.4, 0.5) is 0 Å². The van der Waals surface area contributed by atoms with Gasteiger partial charge in [0.2, 0.25) is 0 Å². The molecule has 0 N–H and O–H groups in total. The highest BCUT2D eigenvalue weighted by Gasteiger charge is 1.93. The predicted octanol–water partition coefficient (Wildman–Crippen LogP) is 2.26. The molecule has 0 atom stereocenters. The molecule has 0 radical (unpaired) electrons. The fraction of sp³-hybridized carbons (Fsp3) is 0.400. The van der Waals surface area contributed by atoms with Gasteiger partial charge in [0.25, 0.3) is 0 Å². The molecule has 10 heavy (non-hydrogen) atoms. The van der Waals surface area contributed by atoms with Gasteiger partial charge in [-0.2, -0.15) is 0 Å². The average Bonchev–Trinajstić information content (AvgIpc) is 2.31. The van der Waals surface area contributed by atoms with E-state index < -0.39 is 0 Å². The van der Waals surface area contributed by atoms with Crippen LogP contribution in [0.1, 0.15) is 9.88 Å². The third kappa shape index (κ3) is 1.72. The maximum Gasteiger partial charge on any atom is 0.0896 e. The summed E-state index contributed by atoms with van der Waals surface area (Å²) in [5.74, 6) is 0. The SMILES string of the molecule is Cc1ncc(CN=[N+]=[N-])s1. The van der Waals surface area contributed by atoms with E-state index in [0.717, 1.165) is 9.88 Å². The lowest BCUT2D eigenvalue weighted by molar-refractivity contribution is 1.07. The van der Waals surface area contributed by atoms with Gasteiger partial charge in [-0.05, 0) is 12.5 Å². The Kier molecular flexibility index (Phi) is 2.25. The Morgan fingerprint density at radius 3 is 3.20 bits per heavy atom. The molecule has 0 spiro atoms. The zero-order valence-electron chi connectivity index (χ0n) is 5.48.